The van der Waals surface area contributed by atoms with Crippen LogP contribution < -0.4 is 11.1 Å². The minimum Gasteiger partial charge on any atom is -0.368 e. The van der Waals surface area contributed by atoms with E-state index >= 15 is 0 Å². The molecule has 6 heteroatoms. The van der Waals surface area contributed by atoms with E-state index in [4.69, 9.17) is 17.3 Å². The monoisotopic (exact) mass is 263 g/mol. The van der Waals surface area contributed by atoms with Crippen LogP contribution in [0, 0.1) is 0 Å². The maximum atomic E-state index is 5.68. The van der Waals surface area contributed by atoms with Crippen LogP contribution in [0.2, 0.25) is 5.28 Å². The molecule has 3 N–H and O–H groups in total. The molecule has 1 aromatic carbocycles. The van der Waals surface area contributed by atoms with Gasteiger partial charge in [-0.1, -0.05) is 30.3 Å². The molecule has 0 amide bonds. The van der Waals surface area contributed by atoms with Gasteiger partial charge in [0.15, 0.2) is 0 Å². The number of hydrogen-bond acceptors (Lipinski definition) is 5. The molecule has 94 valence electrons. The molecule has 0 aliphatic rings. The number of benzene rings is 1. The Morgan fingerprint density at radius 3 is 2.61 bits per heavy atom. The van der Waals surface area contributed by atoms with Crippen molar-refractivity contribution >= 4 is 23.5 Å². The summed E-state index contributed by atoms with van der Waals surface area (Å²) in [4.78, 5) is 11.6. The van der Waals surface area contributed by atoms with Gasteiger partial charge in [-0.3, -0.25) is 0 Å². The quantitative estimate of drug-likeness (QED) is 0.809. The summed E-state index contributed by atoms with van der Waals surface area (Å²) in [5, 5.41) is 3.17. The van der Waals surface area contributed by atoms with Gasteiger partial charge < -0.3 is 11.1 Å². The minimum atomic E-state index is 0.105. The van der Waals surface area contributed by atoms with Gasteiger partial charge in [0.05, 0.1) is 0 Å². The Labute approximate surface area is 110 Å². The Hall–Kier alpha value is -1.88. The molecule has 1 aromatic heterocycles. The van der Waals surface area contributed by atoms with Crippen LogP contribution in [0.15, 0.2) is 30.3 Å². The van der Waals surface area contributed by atoms with Gasteiger partial charge in [-0.15, -0.1) is 0 Å². The second kappa shape index (κ2) is 6.16. The van der Waals surface area contributed by atoms with Crippen LogP contribution >= 0.6 is 11.6 Å². The summed E-state index contributed by atoms with van der Waals surface area (Å²) in [5.41, 5.74) is 6.78. The van der Waals surface area contributed by atoms with Crippen molar-refractivity contribution < 1.29 is 0 Å². The topological polar surface area (TPSA) is 76.7 Å². The highest BCUT2D eigenvalue weighted by atomic mass is 35.5. The van der Waals surface area contributed by atoms with Gasteiger partial charge in [-0.05, 0) is 30.0 Å². The van der Waals surface area contributed by atoms with E-state index in [1.54, 1.807) is 0 Å². The Morgan fingerprint density at radius 2 is 1.89 bits per heavy atom. The first-order valence-electron chi connectivity index (χ1n) is 5.69. The first-order chi connectivity index (χ1) is 8.74. The van der Waals surface area contributed by atoms with E-state index in [1.165, 1.54) is 5.56 Å². The molecule has 18 heavy (non-hydrogen) atoms. The van der Waals surface area contributed by atoms with Gasteiger partial charge in [0.1, 0.15) is 0 Å². The highest BCUT2D eigenvalue weighted by Gasteiger charge is 2.01. The second-order valence-corrected chi connectivity index (χ2v) is 4.14. The lowest BCUT2D eigenvalue weighted by Gasteiger charge is -2.05. The van der Waals surface area contributed by atoms with Crippen molar-refractivity contribution in [3.8, 4) is 0 Å². The third-order valence-electron chi connectivity index (χ3n) is 2.39. The van der Waals surface area contributed by atoms with E-state index < -0.39 is 0 Å². The van der Waals surface area contributed by atoms with E-state index in [0.717, 1.165) is 19.4 Å². The lowest BCUT2D eigenvalue weighted by Crippen LogP contribution is -2.09. The van der Waals surface area contributed by atoms with Crippen LogP contribution in [0.25, 0.3) is 0 Å². The molecule has 0 atom stereocenters. The Kier molecular flexibility index (Phi) is 4.30. The zero-order chi connectivity index (χ0) is 12.8. The van der Waals surface area contributed by atoms with Crippen molar-refractivity contribution in [3.05, 3.63) is 41.2 Å². The standard InChI is InChI=1S/C12H14ClN5/c13-10-16-11(14)18-12(17-10)15-8-4-7-9-5-2-1-3-6-9/h1-3,5-6H,4,7-8H2,(H3,14,15,16,17,18). The van der Waals surface area contributed by atoms with Crippen molar-refractivity contribution in [1.82, 2.24) is 15.0 Å². The fourth-order valence-electron chi connectivity index (χ4n) is 1.58. The molecular weight excluding hydrogens is 250 g/mol. The molecule has 0 bridgehead atoms. The third-order valence-corrected chi connectivity index (χ3v) is 2.56. The van der Waals surface area contributed by atoms with Crippen LogP contribution in [0.4, 0.5) is 11.9 Å². The predicted molar refractivity (Wildman–Crippen MR) is 72.5 cm³/mol. The Bertz CT molecular complexity index is 483. The van der Waals surface area contributed by atoms with Gasteiger partial charge in [-0.25, -0.2) is 0 Å². The fraction of sp³-hybridized carbons (Fsp3) is 0.250. The number of rotatable bonds is 5. The van der Waals surface area contributed by atoms with Crippen molar-refractivity contribution in [1.29, 1.82) is 0 Å². The average Bonchev–Trinajstić information content (AvgIpc) is 2.35. The van der Waals surface area contributed by atoms with Gasteiger partial charge >= 0.3 is 0 Å². The van der Waals surface area contributed by atoms with Crippen LogP contribution in [0.1, 0.15) is 12.0 Å². The Balaban J connectivity index is 1.78. The second-order valence-electron chi connectivity index (χ2n) is 3.80. The number of nitrogens with zero attached hydrogens (tertiary/aromatic N) is 3. The molecule has 0 radical (unpaired) electrons. The van der Waals surface area contributed by atoms with Crippen LogP contribution in [0.3, 0.4) is 0 Å². The molecule has 2 rings (SSSR count). The number of aromatic nitrogens is 3. The van der Waals surface area contributed by atoms with Crippen molar-refractivity contribution in [2.24, 2.45) is 0 Å². The summed E-state index contributed by atoms with van der Waals surface area (Å²) >= 11 is 5.68. The summed E-state index contributed by atoms with van der Waals surface area (Å²) < 4.78 is 0. The zero-order valence-corrected chi connectivity index (χ0v) is 10.6. The molecule has 0 spiro atoms. The summed E-state index contributed by atoms with van der Waals surface area (Å²) in [5.74, 6) is 0.543. The number of aryl methyl sites for hydroxylation is 1. The molecule has 0 unspecified atom stereocenters. The average molecular weight is 264 g/mol. The van der Waals surface area contributed by atoms with E-state index in [2.05, 4.69) is 32.4 Å². The van der Waals surface area contributed by atoms with E-state index in [0.29, 0.717) is 5.95 Å². The molecular formula is C12H14ClN5. The number of halogens is 1. The van der Waals surface area contributed by atoms with Crippen LogP contribution in [-0.2, 0) is 6.42 Å². The number of anilines is 2. The van der Waals surface area contributed by atoms with Gasteiger partial charge in [0.25, 0.3) is 0 Å². The molecule has 0 saturated carbocycles. The molecule has 2 aromatic rings. The first-order valence-corrected chi connectivity index (χ1v) is 6.07. The third kappa shape index (κ3) is 3.85. The van der Waals surface area contributed by atoms with Gasteiger partial charge in [-0.2, -0.15) is 15.0 Å². The number of hydrogen-bond donors (Lipinski definition) is 2. The normalized spacial score (nSPS) is 10.3. The first kappa shape index (κ1) is 12.6. The summed E-state index contributed by atoms with van der Waals surface area (Å²) in [6.07, 6.45) is 1.98. The summed E-state index contributed by atoms with van der Waals surface area (Å²) in [6, 6.07) is 10.3. The van der Waals surface area contributed by atoms with E-state index in [9.17, 15) is 0 Å². The summed E-state index contributed by atoms with van der Waals surface area (Å²) in [7, 11) is 0. The molecule has 0 saturated heterocycles. The zero-order valence-electron chi connectivity index (χ0n) is 9.81. The van der Waals surface area contributed by atoms with Crippen LogP contribution in [0.5, 0.6) is 0 Å². The van der Waals surface area contributed by atoms with Crippen LogP contribution in [-0.4, -0.2) is 21.5 Å². The maximum Gasteiger partial charge on any atom is 0.228 e. The minimum absolute atomic E-state index is 0.105. The largest absolute Gasteiger partial charge is 0.368 e. The highest BCUT2D eigenvalue weighted by molar-refractivity contribution is 6.28. The fourth-order valence-corrected chi connectivity index (χ4v) is 1.75. The maximum absolute atomic E-state index is 5.68. The lowest BCUT2D eigenvalue weighted by atomic mass is 10.1. The lowest BCUT2D eigenvalue weighted by molar-refractivity contribution is 0.850. The predicted octanol–water partition coefficient (Wildman–Crippen LogP) is 2.15. The molecule has 0 fully saturated rings. The SMILES string of the molecule is Nc1nc(Cl)nc(NCCCc2ccccc2)n1. The Morgan fingerprint density at radius 1 is 1.11 bits per heavy atom. The number of nitrogens with two attached hydrogens (primary N) is 1. The van der Waals surface area contributed by atoms with Crippen molar-refractivity contribution in [2.75, 3.05) is 17.6 Å². The number of nitrogen functional groups attached to an aromatic ring is 1. The summed E-state index contributed by atoms with van der Waals surface area (Å²) in [6.45, 7) is 0.759. The van der Waals surface area contributed by atoms with E-state index in [1.807, 2.05) is 18.2 Å². The molecule has 5 nitrogen and oxygen atoms in total. The van der Waals surface area contributed by atoms with Gasteiger partial charge in [0, 0.05) is 6.54 Å². The molecule has 1 heterocycles. The molecule has 0 aliphatic carbocycles. The van der Waals surface area contributed by atoms with Crippen molar-refractivity contribution in [3.63, 3.8) is 0 Å². The molecule has 0 aliphatic heterocycles. The van der Waals surface area contributed by atoms with Crippen molar-refractivity contribution in [2.45, 2.75) is 12.8 Å². The van der Waals surface area contributed by atoms with Gasteiger partial charge in [0.2, 0.25) is 17.2 Å². The van der Waals surface area contributed by atoms with E-state index in [-0.39, 0.29) is 11.2 Å². The smallest absolute Gasteiger partial charge is 0.228 e. The number of nitrogens with one attached hydrogen (secondary N) is 1. The highest BCUT2D eigenvalue weighted by Crippen LogP contribution is 2.07.